The maximum absolute atomic E-state index is 15.1. The fraction of sp³-hybridized carbons (Fsp3) is 0.500. The Morgan fingerprint density at radius 2 is 1.78 bits per heavy atom. The standard InChI is InChI=1S/C28H34FN5O2/c1-33-10-6-17(7-11-33)25-15-22-26(23(29)16-31-27(22)32-25)18-8-12-34(13-9-18)28(35)21-5-4-20(14-24(21)30)36-19-2-3-19/h4-5,14-19H,2-3,6-13,30H2,1H3,(H,31,32). The SMILES string of the molecule is CN1CCC(c2cc3c(C4CCN(C(=O)c5ccc(OC6CC6)cc5N)CC4)c(F)cnc3[nH]2)CC1. The predicted octanol–water partition coefficient (Wildman–Crippen LogP) is 4.65. The number of aromatic nitrogens is 2. The van der Waals surface area contributed by atoms with Crippen molar-refractivity contribution in [1.82, 2.24) is 19.8 Å². The van der Waals surface area contributed by atoms with Crippen LogP contribution in [0.25, 0.3) is 11.0 Å². The number of halogens is 1. The van der Waals surface area contributed by atoms with Crippen molar-refractivity contribution in [3.63, 3.8) is 0 Å². The minimum absolute atomic E-state index is 0.0485. The van der Waals surface area contributed by atoms with Gasteiger partial charge in [-0.15, -0.1) is 0 Å². The first-order valence-electron chi connectivity index (χ1n) is 13.2. The first kappa shape index (κ1) is 23.3. The van der Waals surface area contributed by atoms with Crippen molar-refractivity contribution < 1.29 is 13.9 Å². The number of anilines is 1. The van der Waals surface area contributed by atoms with E-state index in [2.05, 4.69) is 28.0 Å². The number of rotatable bonds is 5. The van der Waals surface area contributed by atoms with Gasteiger partial charge in [-0.2, -0.15) is 0 Å². The summed E-state index contributed by atoms with van der Waals surface area (Å²) in [5, 5.41) is 0.893. The Hall–Kier alpha value is -3.13. The monoisotopic (exact) mass is 491 g/mol. The molecule has 8 heteroatoms. The van der Waals surface area contributed by atoms with Crippen molar-refractivity contribution in [2.24, 2.45) is 0 Å². The van der Waals surface area contributed by atoms with Gasteiger partial charge in [-0.05, 0) is 82.8 Å². The number of carbonyl (C=O) groups is 1. The second kappa shape index (κ2) is 9.39. The number of piperidine rings is 2. The number of carbonyl (C=O) groups excluding carboxylic acids is 1. The van der Waals surface area contributed by atoms with Crippen LogP contribution in [0, 0.1) is 5.82 Å². The van der Waals surface area contributed by atoms with Gasteiger partial charge in [0, 0.05) is 47.4 Å². The van der Waals surface area contributed by atoms with E-state index >= 15 is 4.39 Å². The molecule has 2 aliphatic heterocycles. The van der Waals surface area contributed by atoms with Crippen LogP contribution in [0.5, 0.6) is 5.75 Å². The third-order valence-electron chi connectivity index (χ3n) is 8.10. The average Bonchev–Trinajstić information content (AvgIpc) is 3.59. The number of pyridine rings is 1. The quantitative estimate of drug-likeness (QED) is 0.507. The van der Waals surface area contributed by atoms with Crippen molar-refractivity contribution in [2.45, 2.75) is 56.5 Å². The van der Waals surface area contributed by atoms with Gasteiger partial charge in [-0.1, -0.05) is 0 Å². The molecule has 4 heterocycles. The minimum atomic E-state index is -0.253. The third kappa shape index (κ3) is 4.54. The number of H-pyrrole nitrogens is 1. The fourth-order valence-corrected chi connectivity index (χ4v) is 5.77. The molecule has 0 bridgehead atoms. The van der Waals surface area contributed by atoms with Crippen molar-refractivity contribution in [1.29, 1.82) is 0 Å². The minimum Gasteiger partial charge on any atom is -0.490 e. The largest absolute Gasteiger partial charge is 0.490 e. The second-order valence-electron chi connectivity index (χ2n) is 10.7. The van der Waals surface area contributed by atoms with Crippen LogP contribution in [0.3, 0.4) is 0 Å². The highest BCUT2D eigenvalue weighted by Crippen LogP contribution is 2.37. The second-order valence-corrected chi connectivity index (χ2v) is 10.7. The van der Waals surface area contributed by atoms with Crippen LogP contribution >= 0.6 is 0 Å². The number of nitrogen functional groups attached to an aromatic ring is 1. The molecule has 0 atom stereocenters. The van der Waals surface area contributed by atoms with Gasteiger partial charge in [0.2, 0.25) is 0 Å². The van der Waals surface area contributed by atoms with Crippen LogP contribution in [0.1, 0.15) is 72.0 Å². The van der Waals surface area contributed by atoms with Gasteiger partial charge in [0.05, 0.1) is 17.9 Å². The molecule has 1 amide bonds. The number of nitrogens with zero attached hydrogens (tertiary/aromatic N) is 3. The Bertz CT molecular complexity index is 1270. The van der Waals surface area contributed by atoms with Gasteiger partial charge in [-0.3, -0.25) is 4.79 Å². The van der Waals surface area contributed by atoms with E-state index < -0.39 is 0 Å². The molecule has 3 aromatic rings. The topological polar surface area (TPSA) is 87.5 Å². The first-order chi connectivity index (χ1) is 17.5. The summed E-state index contributed by atoms with van der Waals surface area (Å²) in [4.78, 5) is 25.2. The van der Waals surface area contributed by atoms with Crippen LogP contribution in [-0.2, 0) is 0 Å². The molecule has 3 aliphatic rings. The number of amides is 1. The van der Waals surface area contributed by atoms with Gasteiger partial charge < -0.3 is 25.3 Å². The predicted molar refractivity (Wildman–Crippen MR) is 138 cm³/mol. The fourth-order valence-electron chi connectivity index (χ4n) is 5.77. The Morgan fingerprint density at radius 1 is 1.06 bits per heavy atom. The summed E-state index contributed by atoms with van der Waals surface area (Å²) in [5.41, 5.74) is 9.81. The lowest BCUT2D eigenvalue weighted by molar-refractivity contribution is 0.0713. The van der Waals surface area contributed by atoms with Crippen molar-refractivity contribution in [2.75, 3.05) is 39.0 Å². The van der Waals surface area contributed by atoms with E-state index in [1.54, 1.807) is 12.1 Å². The average molecular weight is 492 g/mol. The number of hydrogen-bond donors (Lipinski definition) is 2. The Morgan fingerprint density at radius 3 is 2.47 bits per heavy atom. The Balaban J connectivity index is 1.16. The van der Waals surface area contributed by atoms with E-state index in [0.717, 1.165) is 61.1 Å². The zero-order chi connectivity index (χ0) is 24.8. The van der Waals surface area contributed by atoms with Crippen LogP contribution in [0.15, 0.2) is 30.5 Å². The van der Waals surface area contributed by atoms with Crippen LogP contribution in [0.4, 0.5) is 10.1 Å². The number of likely N-dealkylation sites (tertiary alicyclic amines) is 2. The summed E-state index contributed by atoms with van der Waals surface area (Å²) >= 11 is 0. The molecule has 3 fully saturated rings. The van der Waals surface area contributed by atoms with Crippen molar-refractivity contribution >= 4 is 22.6 Å². The maximum Gasteiger partial charge on any atom is 0.255 e. The smallest absolute Gasteiger partial charge is 0.255 e. The number of fused-ring (bicyclic) bond motifs is 1. The van der Waals surface area contributed by atoms with Gasteiger partial charge in [0.25, 0.3) is 5.91 Å². The molecule has 36 heavy (non-hydrogen) atoms. The summed E-state index contributed by atoms with van der Waals surface area (Å²) in [7, 11) is 2.15. The summed E-state index contributed by atoms with van der Waals surface area (Å²) in [6, 6.07) is 7.46. The number of hydrogen-bond acceptors (Lipinski definition) is 5. The zero-order valence-corrected chi connectivity index (χ0v) is 20.8. The lowest BCUT2D eigenvalue weighted by atomic mass is 9.87. The highest BCUT2D eigenvalue weighted by Gasteiger charge is 2.30. The molecule has 3 N–H and O–H groups in total. The number of nitrogens with one attached hydrogen (secondary N) is 1. The summed E-state index contributed by atoms with van der Waals surface area (Å²) in [5.74, 6) is 0.894. The molecule has 1 aliphatic carbocycles. The van der Waals surface area contributed by atoms with E-state index in [0.29, 0.717) is 48.8 Å². The van der Waals surface area contributed by atoms with Crippen LogP contribution in [0.2, 0.25) is 0 Å². The summed E-state index contributed by atoms with van der Waals surface area (Å²) < 4.78 is 20.9. The van der Waals surface area contributed by atoms with Crippen LogP contribution < -0.4 is 10.5 Å². The van der Waals surface area contributed by atoms with E-state index in [1.807, 2.05) is 11.0 Å². The van der Waals surface area contributed by atoms with Gasteiger partial charge in [0.15, 0.2) is 0 Å². The number of aromatic amines is 1. The highest BCUT2D eigenvalue weighted by molar-refractivity contribution is 5.99. The number of nitrogens with two attached hydrogens (primary N) is 1. The van der Waals surface area contributed by atoms with E-state index in [9.17, 15) is 4.79 Å². The molecule has 2 saturated heterocycles. The van der Waals surface area contributed by atoms with Gasteiger partial charge >= 0.3 is 0 Å². The summed E-state index contributed by atoms with van der Waals surface area (Å²) in [6.45, 7) is 3.28. The molecule has 6 rings (SSSR count). The molecular formula is C28H34FN5O2. The zero-order valence-electron chi connectivity index (χ0n) is 20.8. The van der Waals surface area contributed by atoms with Gasteiger partial charge in [-0.25, -0.2) is 9.37 Å². The number of benzene rings is 1. The molecule has 190 valence electrons. The molecular weight excluding hydrogens is 457 g/mol. The van der Waals surface area contributed by atoms with E-state index in [4.69, 9.17) is 10.5 Å². The third-order valence-corrected chi connectivity index (χ3v) is 8.10. The normalized spacial score (nSPS) is 20.2. The number of ether oxygens (including phenoxy) is 1. The molecule has 1 saturated carbocycles. The Kier molecular flexibility index (Phi) is 6.07. The lowest BCUT2D eigenvalue weighted by Crippen LogP contribution is -2.38. The molecule has 0 spiro atoms. The van der Waals surface area contributed by atoms with E-state index in [1.165, 1.54) is 6.20 Å². The first-order valence-corrected chi connectivity index (χ1v) is 13.2. The van der Waals surface area contributed by atoms with Crippen molar-refractivity contribution in [3.8, 4) is 5.75 Å². The lowest BCUT2D eigenvalue weighted by Gasteiger charge is -2.33. The van der Waals surface area contributed by atoms with Crippen LogP contribution in [-0.4, -0.2) is 65.0 Å². The van der Waals surface area contributed by atoms with Crippen molar-refractivity contribution in [3.05, 3.63) is 53.1 Å². The molecule has 0 unspecified atom stereocenters. The molecule has 7 nitrogen and oxygen atoms in total. The van der Waals surface area contributed by atoms with E-state index in [-0.39, 0.29) is 23.7 Å². The Labute approximate surface area is 210 Å². The highest BCUT2D eigenvalue weighted by atomic mass is 19.1. The van der Waals surface area contributed by atoms with Gasteiger partial charge in [0.1, 0.15) is 17.2 Å². The maximum atomic E-state index is 15.1. The molecule has 2 aromatic heterocycles. The molecule has 1 aromatic carbocycles. The summed E-state index contributed by atoms with van der Waals surface area (Å²) in [6.07, 6.45) is 7.38. The molecule has 0 radical (unpaired) electrons.